The summed E-state index contributed by atoms with van der Waals surface area (Å²) in [4.78, 5) is 5.55. The minimum Gasteiger partial charge on any atom is -0.493 e. The van der Waals surface area contributed by atoms with Crippen molar-refractivity contribution in [3.8, 4) is 11.5 Å². The normalized spacial score (nSPS) is 19.4. The molecule has 0 bridgehead atoms. The van der Waals surface area contributed by atoms with Gasteiger partial charge < -0.3 is 9.47 Å². The molecule has 0 saturated heterocycles. The molecule has 0 saturated carbocycles. The number of fused-ring (bicyclic) bond motifs is 4. The third kappa shape index (κ3) is 2.71. The van der Waals surface area contributed by atoms with Crippen molar-refractivity contribution in [2.45, 2.75) is 31.8 Å². The van der Waals surface area contributed by atoms with E-state index in [2.05, 4.69) is 23.1 Å². The fourth-order valence-corrected chi connectivity index (χ4v) is 5.49. The lowest BCUT2D eigenvalue weighted by molar-refractivity contribution is 0.162. The number of methoxy groups -OCH3 is 2. The van der Waals surface area contributed by atoms with E-state index in [0.717, 1.165) is 43.9 Å². The van der Waals surface area contributed by atoms with E-state index in [9.17, 15) is 0 Å². The Hall–Kier alpha value is -1.23. The van der Waals surface area contributed by atoms with Crippen molar-refractivity contribution in [2.24, 2.45) is 0 Å². The summed E-state index contributed by atoms with van der Waals surface area (Å²) >= 11 is 7.86. The Morgan fingerprint density at radius 3 is 2.71 bits per heavy atom. The molecule has 3 nitrogen and oxygen atoms in total. The van der Waals surface area contributed by atoms with Gasteiger partial charge in [-0.2, -0.15) is 0 Å². The third-order valence-electron chi connectivity index (χ3n) is 5.15. The van der Waals surface area contributed by atoms with Gasteiger partial charge in [-0.3, -0.25) is 4.90 Å². The van der Waals surface area contributed by atoms with E-state index >= 15 is 0 Å². The van der Waals surface area contributed by atoms with Crippen LogP contribution in [0.5, 0.6) is 11.5 Å². The molecule has 2 aromatic rings. The van der Waals surface area contributed by atoms with E-state index in [0.29, 0.717) is 11.9 Å². The van der Waals surface area contributed by atoms with Crippen molar-refractivity contribution in [3.63, 3.8) is 0 Å². The van der Waals surface area contributed by atoms with Crippen LogP contribution in [-0.4, -0.2) is 31.5 Å². The first-order valence-corrected chi connectivity index (χ1v) is 9.74. The van der Waals surface area contributed by atoms with Crippen LogP contribution >= 0.6 is 22.9 Å². The minimum absolute atomic E-state index is 0.448. The SMILES string of the molecule is COc1cc2c(cc1OC)[C@@H]1Cc3sc(CCCl)cc3CN1CC2. The Morgan fingerprint density at radius 1 is 1.17 bits per heavy atom. The van der Waals surface area contributed by atoms with Crippen molar-refractivity contribution in [1.82, 2.24) is 4.90 Å². The molecule has 0 spiro atoms. The van der Waals surface area contributed by atoms with Gasteiger partial charge in [0.05, 0.1) is 14.2 Å². The highest BCUT2D eigenvalue weighted by Gasteiger charge is 2.34. The lowest BCUT2D eigenvalue weighted by atomic mass is 9.86. The van der Waals surface area contributed by atoms with E-state index < -0.39 is 0 Å². The fraction of sp³-hybridized carbons (Fsp3) is 0.474. The van der Waals surface area contributed by atoms with Crippen molar-refractivity contribution in [1.29, 1.82) is 0 Å². The van der Waals surface area contributed by atoms with Gasteiger partial charge >= 0.3 is 0 Å². The van der Waals surface area contributed by atoms with Crippen molar-refractivity contribution < 1.29 is 9.47 Å². The van der Waals surface area contributed by atoms with Gasteiger partial charge in [-0.1, -0.05) is 0 Å². The van der Waals surface area contributed by atoms with Crippen LogP contribution in [0.4, 0.5) is 0 Å². The molecule has 24 heavy (non-hydrogen) atoms. The summed E-state index contributed by atoms with van der Waals surface area (Å²) in [6, 6.07) is 7.16. The molecule has 0 unspecified atom stereocenters. The molecule has 128 valence electrons. The molecule has 5 heteroatoms. The van der Waals surface area contributed by atoms with Gasteiger partial charge in [-0.25, -0.2) is 0 Å². The lowest BCUT2D eigenvalue weighted by Gasteiger charge is -2.40. The predicted molar refractivity (Wildman–Crippen MR) is 98.8 cm³/mol. The maximum Gasteiger partial charge on any atom is 0.161 e. The number of hydrogen-bond donors (Lipinski definition) is 0. The van der Waals surface area contributed by atoms with Gasteiger partial charge in [0.1, 0.15) is 0 Å². The number of halogens is 1. The maximum absolute atomic E-state index is 5.92. The molecule has 0 aliphatic carbocycles. The second kappa shape index (κ2) is 6.58. The summed E-state index contributed by atoms with van der Waals surface area (Å²) < 4.78 is 11.0. The third-order valence-corrected chi connectivity index (χ3v) is 6.60. The number of thiophene rings is 1. The number of aryl methyl sites for hydroxylation is 1. The molecular formula is C19H22ClNO2S. The number of benzene rings is 1. The summed E-state index contributed by atoms with van der Waals surface area (Å²) in [6.07, 6.45) is 3.14. The smallest absolute Gasteiger partial charge is 0.161 e. The molecule has 0 amide bonds. The minimum atomic E-state index is 0.448. The standard InChI is InChI=1S/C19H22ClNO2S/c1-22-17-8-12-4-6-21-11-13-7-14(3-5-20)24-19(13)10-16(21)15(12)9-18(17)23-2/h7-9,16H,3-6,10-11H2,1-2H3/t16-/m0/s1. The van der Waals surface area contributed by atoms with E-state index in [1.54, 1.807) is 14.2 Å². The lowest BCUT2D eigenvalue weighted by Crippen LogP contribution is -2.38. The Bertz CT molecular complexity index is 758. The first-order chi connectivity index (χ1) is 11.7. The van der Waals surface area contributed by atoms with Crippen LogP contribution in [0.1, 0.15) is 32.5 Å². The molecule has 2 aliphatic rings. The van der Waals surface area contributed by atoms with Gasteiger partial charge in [0, 0.05) is 41.2 Å². The first-order valence-electron chi connectivity index (χ1n) is 8.38. The van der Waals surface area contributed by atoms with E-state index in [1.807, 2.05) is 11.3 Å². The number of hydrogen-bond acceptors (Lipinski definition) is 4. The highest BCUT2D eigenvalue weighted by Crippen LogP contribution is 2.44. The van der Waals surface area contributed by atoms with Crippen molar-refractivity contribution >= 4 is 22.9 Å². The molecule has 0 N–H and O–H groups in total. The topological polar surface area (TPSA) is 21.7 Å². The zero-order valence-electron chi connectivity index (χ0n) is 14.1. The highest BCUT2D eigenvalue weighted by atomic mass is 35.5. The Balaban J connectivity index is 1.70. The van der Waals surface area contributed by atoms with Gasteiger partial charge in [-0.15, -0.1) is 22.9 Å². The fourth-order valence-electron chi connectivity index (χ4n) is 3.95. The number of rotatable bonds is 4. The van der Waals surface area contributed by atoms with Crippen LogP contribution < -0.4 is 9.47 Å². The van der Waals surface area contributed by atoms with E-state index in [1.165, 1.54) is 26.4 Å². The van der Waals surface area contributed by atoms with Crippen LogP contribution in [-0.2, 0) is 25.8 Å². The second-order valence-corrected chi connectivity index (χ2v) is 8.05. The molecule has 1 aromatic heterocycles. The van der Waals surface area contributed by atoms with Crippen LogP contribution in [0.25, 0.3) is 0 Å². The Labute approximate surface area is 152 Å². The van der Waals surface area contributed by atoms with Crippen LogP contribution in [0.15, 0.2) is 18.2 Å². The predicted octanol–water partition coefficient (Wildman–Crippen LogP) is 4.20. The van der Waals surface area contributed by atoms with Gasteiger partial charge in [0.15, 0.2) is 11.5 Å². The average molecular weight is 364 g/mol. The summed E-state index contributed by atoms with van der Waals surface area (Å²) in [6.45, 7) is 2.15. The van der Waals surface area contributed by atoms with Crippen LogP contribution in [0, 0.1) is 0 Å². The quantitative estimate of drug-likeness (QED) is 0.760. The maximum atomic E-state index is 5.92. The van der Waals surface area contributed by atoms with Crippen LogP contribution in [0.3, 0.4) is 0 Å². The van der Waals surface area contributed by atoms with Gasteiger partial charge in [-0.05, 0) is 47.7 Å². The monoisotopic (exact) mass is 363 g/mol. The van der Waals surface area contributed by atoms with Crippen molar-refractivity contribution in [3.05, 3.63) is 44.6 Å². The average Bonchev–Trinajstić information content (AvgIpc) is 3.00. The molecule has 2 aliphatic heterocycles. The van der Waals surface area contributed by atoms with Crippen molar-refractivity contribution in [2.75, 3.05) is 26.6 Å². The molecule has 1 aromatic carbocycles. The zero-order valence-corrected chi connectivity index (χ0v) is 15.7. The molecule has 4 rings (SSSR count). The van der Waals surface area contributed by atoms with E-state index in [-0.39, 0.29) is 0 Å². The zero-order chi connectivity index (χ0) is 16.7. The van der Waals surface area contributed by atoms with Gasteiger partial charge in [0.2, 0.25) is 0 Å². The number of ether oxygens (including phenoxy) is 2. The number of alkyl halides is 1. The molecular weight excluding hydrogens is 342 g/mol. The molecule has 3 heterocycles. The molecule has 0 radical (unpaired) electrons. The highest BCUT2D eigenvalue weighted by molar-refractivity contribution is 7.12. The number of nitrogens with zero attached hydrogens (tertiary/aromatic N) is 1. The molecule has 1 atom stereocenters. The van der Waals surface area contributed by atoms with Gasteiger partial charge in [0.25, 0.3) is 0 Å². The first kappa shape index (κ1) is 16.2. The summed E-state index contributed by atoms with van der Waals surface area (Å²) in [5.41, 5.74) is 4.30. The van der Waals surface area contributed by atoms with E-state index in [4.69, 9.17) is 21.1 Å². The Morgan fingerprint density at radius 2 is 1.96 bits per heavy atom. The molecule has 0 fully saturated rings. The Kier molecular flexibility index (Phi) is 4.46. The largest absolute Gasteiger partial charge is 0.493 e. The summed E-state index contributed by atoms with van der Waals surface area (Å²) in [7, 11) is 3.41. The van der Waals surface area contributed by atoms with Crippen LogP contribution in [0.2, 0.25) is 0 Å². The summed E-state index contributed by atoms with van der Waals surface area (Å²) in [5.74, 6) is 2.37. The summed E-state index contributed by atoms with van der Waals surface area (Å²) in [5, 5.41) is 0. The second-order valence-electron chi connectivity index (χ2n) is 6.45.